The Labute approximate surface area is 94.4 Å². The van der Waals surface area contributed by atoms with E-state index >= 15 is 0 Å². The van der Waals surface area contributed by atoms with Crippen LogP contribution in [0.5, 0.6) is 0 Å². The van der Waals surface area contributed by atoms with Gasteiger partial charge in [0.05, 0.1) is 11.3 Å². The topological polar surface area (TPSA) is 72.2 Å². The minimum absolute atomic E-state index is 0.335. The van der Waals surface area contributed by atoms with Gasteiger partial charge in [0.1, 0.15) is 0 Å². The molecule has 0 aliphatic heterocycles. The monoisotopic (exact) mass is 248 g/mol. The second kappa shape index (κ2) is 4.61. The van der Waals surface area contributed by atoms with Crippen molar-refractivity contribution < 1.29 is 8.42 Å². The van der Waals surface area contributed by atoms with E-state index in [4.69, 9.17) is 5.84 Å². The number of aryl methyl sites for hydroxylation is 1. The molecule has 0 saturated carbocycles. The summed E-state index contributed by atoms with van der Waals surface area (Å²) >= 11 is 1.56. The maximum atomic E-state index is 11.4. The Kier molecular flexibility index (Phi) is 3.88. The van der Waals surface area contributed by atoms with Gasteiger partial charge < -0.3 is 0 Å². The Morgan fingerprint density at radius 1 is 1.47 bits per heavy atom. The molecule has 1 heterocycles. The maximum Gasteiger partial charge on any atom is 0.151 e. The Morgan fingerprint density at radius 2 is 2.07 bits per heavy atom. The zero-order valence-corrected chi connectivity index (χ0v) is 10.7. The highest BCUT2D eigenvalue weighted by atomic mass is 32.2. The molecule has 1 aromatic rings. The summed E-state index contributed by atoms with van der Waals surface area (Å²) in [5, 5.41) is -0.527. The summed E-state index contributed by atoms with van der Waals surface area (Å²) in [6, 6.07) is 3.53. The molecule has 6 heteroatoms. The molecule has 0 bridgehead atoms. The SMILES string of the molecule is Cc1ccc(C(NN)C(C)S(C)(=O)=O)s1. The van der Waals surface area contributed by atoms with E-state index in [1.165, 1.54) is 6.26 Å². The number of nitrogens with two attached hydrogens (primary N) is 1. The van der Waals surface area contributed by atoms with Gasteiger partial charge in [0.25, 0.3) is 0 Å². The second-order valence-corrected chi connectivity index (χ2v) is 7.35. The van der Waals surface area contributed by atoms with Gasteiger partial charge >= 0.3 is 0 Å². The van der Waals surface area contributed by atoms with E-state index in [0.29, 0.717) is 0 Å². The van der Waals surface area contributed by atoms with Gasteiger partial charge in [-0.3, -0.25) is 11.3 Å². The fourth-order valence-electron chi connectivity index (χ4n) is 1.32. The fraction of sp³-hybridized carbons (Fsp3) is 0.556. The van der Waals surface area contributed by atoms with Gasteiger partial charge in [-0.1, -0.05) is 0 Å². The van der Waals surface area contributed by atoms with Gasteiger partial charge in [0, 0.05) is 16.0 Å². The molecule has 3 N–H and O–H groups in total. The third-order valence-corrected chi connectivity index (χ3v) is 5.10. The van der Waals surface area contributed by atoms with Gasteiger partial charge in [-0.2, -0.15) is 0 Å². The molecule has 0 amide bonds. The van der Waals surface area contributed by atoms with E-state index in [1.54, 1.807) is 18.3 Å². The lowest BCUT2D eigenvalue weighted by molar-refractivity contribution is 0.519. The number of rotatable bonds is 4. The minimum Gasteiger partial charge on any atom is -0.271 e. The third-order valence-electron chi connectivity index (χ3n) is 2.39. The lowest BCUT2D eigenvalue weighted by Crippen LogP contribution is -2.38. The van der Waals surface area contributed by atoms with Crippen LogP contribution in [0, 0.1) is 6.92 Å². The van der Waals surface area contributed by atoms with Gasteiger partial charge in [-0.15, -0.1) is 11.3 Å². The van der Waals surface area contributed by atoms with E-state index in [0.717, 1.165) is 9.75 Å². The van der Waals surface area contributed by atoms with Crippen molar-refractivity contribution in [2.75, 3.05) is 6.26 Å². The predicted molar refractivity (Wildman–Crippen MR) is 63.4 cm³/mol. The number of nitrogens with one attached hydrogen (secondary N) is 1. The Bertz CT molecular complexity index is 425. The second-order valence-electron chi connectivity index (χ2n) is 3.63. The van der Waals surface area contributed by atoms with Crippen LogP contribution in [0.2, 0.25) is 0 Å². The van der Waals surface area contributed by atoms with Crippen molar-refractivity contribution >= 4 is 21.2 Å². The molecule has 0 aliphatic carbocycles. The highest BCUT2D eigenvalue weighted by Crippen LogP contribution is 2.27. The Morgan fingerprint density at radius 3 is 2.40 bits per heavy atom. The van der Waals surface area contributed by atoms with Crippen LogP contribution in [0.4, 0.5) is 0 Å². The van der Waals surface area contributed by atoms with Crippen molar-refractivity contribution in [1.82, 2.24) is 5.43 Å². The molecule has 0 aliphatic rings. The number of hydrazine groups is 1. The number of sulfone groups is 1. The highest BCUT2D eigenvalue weighted by molar-refractivity contribution is 7.91. The Hall–Kier alpha value is -0.430. The summed E-state index contributed by atoms with van der Waals surface area (Å²) in [6.07, 6.45) is 1.22. The first-order chi connectivity index (χ1) is 6.86. The van der Waals surface area contributed by atoms with Crippen molar-refractivity contribution in [3.63, 3.8) is 0 Å². The van der Waals surface area contributed by atoms with E-state index in [-0.39, 0.29) is 6.04 Å². The van der Waals surface area contributed by atoms with E-state index < -0.39 is 15.1 Å². The van der Waals surface area contributed by atoms with E-state index in [9.17, 15) is 8.42 Å². The molecule has 0 spiro atoms. The molecule has 4 nitrogen and oxygen atoms in total. The first kappa shape index (κ1) is 12.6. The average molecular weight is 248 g/mol. The van der Waals surface area contributed by atoms with E-state index in [1.807, 2.05) is 19.1 Å². The third kappa shape index (κ3) is 3.01. The average Bonchev–Trinajstić information content (AvgIpc) is 2.51. The highest BCUT2D eigenvalue weighted by Gasteiger charge is 2.27. The largest absolute Gasteiger partial charge is 0.271 e. The molecule has 2 atom stereocenters. The molecule has 0 saturated heterocycles. The van der Waals surface area contributed by atoms with Crippen molar-refractivity contribution in [3.8, 4) is 0 Å². The van der Waals surface area contributed by atoms with Gasteiger partial charge in [-0.05, 0) is 26.0 Å². The molecule has 1 rings (SSSR count). The summed E-state index contributed by atoms with van der Waals surface area (Å²) in [5.41, 5.74) is 2.57. The molecular weight excluding hydrogens is 232 g/mol. The fourth-order valence-corrected chi connectivity index (χ4v) is 3.17. The van der Waals surface area contributed by atoms with Crippen LogP contribution < -0.4 is 11.3 Å². The summed E-state index contributed by atoms with van der Waals surface area (Å²) in [6.45, 7) is 3.64. The number of thiophene rings is 1. The van der Waals surface area contributed by atoms with Gasteiger partial charge in [0.2, 0.25) is 0 Å². The molecule has 15 heavy (non-hydrogen) atoms. The zero-order valence-electron chi connectivity index (χ0n) is 9.02. The van der Waals surface area contributed by atoms with Crippen molar-refractivity contribution in [2.45, 2.75) is 25.1 Å². The first-order valence-corrected chi connectivity index (χ1v) is 7.34. The molecule has 0 radical (unpaired) electrons. The van der Waals surface area contributed by atoms with Crippen LogP contribution in [-0.4, -0.2) is 19.9 Å². The van der Waals surface area contributed by atoms with Crippen LogP contribution in [0.3, 0.4) is 0 Å². The molecular formula is C9H16N2O2S2. The van der Waals surface area contributed by atoms with Crippen LogP contribution in [0.1, 0.15) is 22.7 Å². The zero-order chi connectivity index (χ0) is 11.6. The summed E-state index contributed by atoms with van der Waals surface area (Å²) < 4.78 is 22.8. The van der Waals surface area contributed by atoms with E-state index in [2.05, 4.69) is 5.43 Å². The lowest BCUT2D eigenvalue weighted by Gasteiger charge is -2.20. The van der Waals surface area contributed by atoms with Gasteiger partial charge in [-0.25, -0.2) is 8.42 Å². The number of hydrogen-bond acceptors (Lipinski definition) is 5. The lowest BCUT2D eigenvalue weighted by atomic mass is 10.2. The normalized spacial score (nSPS) is 16.3. The quantitative estimate of drug-likeness (QED) is 0.616. The molecule has 1 aromatic heterocycles. The maximum absolute atomic E-state index is 11.4. The molecule has 2 unspecified atom stereocenters. The summed E-state index contributed by atoms with van der Waals surface area (Å²) in [7, 11) is -3.09. The smallest absolute Gasteiger partial charge is 0.151 e. The predicted octanol–water partition coefficient (Wildman–Crippen LogP) is 0.994. The van der Waals surface area contributed by atoms with Gasteiger partial charge in [0.15, 0.2) is 9.84 Å². The first-order valence-electron chi connectivity index (χ1n) is 4.57. The van der Waals surface area contributed by atoms with Crippen molar-refractivity contribution in [1.29, 1.82) is 0 Å². The standard InChI is InChI=1S/C9H16N2O2S2/c1-6-4-5-8(14-6)9(11-10)7(2)15(3,12)13/h4-5,7,9,11H,10H2,1-3H3. The van der Waals surface area contributed by atoms with Crippen LogP contribution in [-0.2, 0) is 9.84 Å². The summed E-state index contributed by atoms with van der Waals surface area (Å²) in [4.78, 5) is 2.10. The van der Waals surface area contributed by atoms with Crippen LogP contribution in [0.25, 0.3) is 0 Å². The summed E-state index contributed by atoms with van der Waals surface area (Å²) in [5.74, 6) is 5.40. The van der Waals surface area contributed by atoms with Crippen LogP contribution >= 0.6 is 11.3 Å². The molecule has 0 fully saturated rings. The van der Waals surface area contributed by atoms with Crippen molar-refractivity contribution in [2.24, 2.45) is 5.84 Å². The number of hydrogen-bond donors (Lipinski definition) is 2. The minimum atomic E-state index is -3.09. The Balaban J connectivity index is 2.99. The molecule has 0 aromatic carbocycles. The van der Waals surface area contributed by atoms with Crippen molar-refractivity contribution in [3.05, 3.63) is 21.9 Å². The molecule has 86 valence electrons. The van der Waals surface area contributed by atoms with Crippen LogP contribution in [0.15, 0.2) is 12.1 Å².